The van der Waals surface area contributed by atoms with E-state index in [0.29, 0.717) is 43.4 Å². The first kappa shape index (κ1) is 28.9. The molecule has 0 radical (unpaired) electrons. The molecular formula is C30H42N8O4. The Kier molecular flexibility index (Phi) is 7.25. The SMILES string of the molecule is CC(C)N(C[C@H]1O[C@@H](n2cnc3c(N)ncnc32)[C@H](O)[C@@H]1O)C1CC(O)(CCc2nc3ccc(C(C)(C)C)cc3[nH]2)C1. The van der Waals surface area contributed by atoms with Crippen LogP contribution in [-0.4, -0.2) is 92.2 Å². The van der Waals surface area contributed by atoms with E-state index in [0.717, 1.165) is 16.9 Å². The van der Waals surface area contributed by atoms with E-state index in [1.54, 1.807) is 4.57 Å². The Bertz CT molecular complexity index is 1570. The lowest BCUT2D eigenvalue weighted by Crippen LogP contribution is -2.59. The first-order valence-corrected chi connectivity index (χ1v) is 14.7. The van der Waals surface area contributed by atoms with Gasteiger partial charge in [0.05, 0.1) is 23.0 Å². The molecule has 6 N–H and O–H groups in total. The summed E-state index contributed by atoms with van der Waals surface area (Å²) in [6.07, 6.45) is 1.59. The highest BCUT2D eigenvalue weighted by Crippen LogP contribution is 2.41. The first-order chi connectivity index (χ1) is 19.8. The average Bonchev–Trinajstić information content (AvgIpc) is 3.60. The summed E-state index contributed by atoms with van der Waals surface area (Å²) in [4.78, 5) is 22.9. The Balaban J connectivity index is 1.08. The van der Waals surface area contributed by atoms with E-state index in [1.165, 1.54) is 18.2 Å². The summed E-state index contributed by atoms with van der Waals surface area (Å²) in [7, 11) is 0. The van der Waals surface area contributed by atoms with E-state index in [9.17, 15) is 15.3 Å². The van der Waals surface area contributed by atoms with Crippen LogP contribution < -0.4 is 5.73 Å². The highest BCUT2D eigenvalue weighted by Gasteiger charge is 2.49. The molecule has 4 heterocycles. The smallest absolute Gasteiger partial charge is 0.167 e. The van der Waals surface area contributed by atoms with Gasteiger partial charge in [-0.05, 0) is 56.2 Å². The van der Waals surface area contributed by atoms with Crippen LogP contribution in [0.3, 0.4) is 0 Å². The van der Waals surface area contributed by atoms with Gasteiger partial charge in [0.25, 0.3) is 0 Å². The number of fused-ring (bicyclic) bond motifs is 2. The molecule has 2 fully saturated rings. The lowest BCUT2D eigenvalue weighted by atomic mass is 9.71. The summed E-state index contributed by atoms with van der Waals surface area (Å²) in [5.74, 6) is 1.12. The van der Waals surface area contributed by atoms with Crippen LogP contribution in [0.4, 0.5) is 5.82 Å². The van der Waals surface area contributed by atoms with E-state index in [1.807, 2.05) is 0 Å². The van der Waals surface area contributed by atoms with Gasteiger partial charge in [-0.15, -0.1) is 0 Å². The molecule has 226 valence electrons. The lowest BCUT2D eigenvalue weighted by molar-refractivity contribution is -0.119. The minimum Gasteiger partial charge on any atom is -0.390 e. The Morgan fingerprint density at radius 2 is 1.93 bits per heavy atom. The first-order valence-electron chi connectivity index (χ1n) is 14.7. The summed E-state index contributed by atoms with van der Waals surface area (Å²) in [6.45, 7) is 11.2. The number of H-pyrrole nitrogens is 1. The van der Waals surface area contributed by atoms with Crippen LogP contribution in [0.2, 0.25) is 0 Å². The zero-order valence-corrected chi connectivity index (χ0v) is 24.9. The van der Waals surface area contributed by atoms with Gasteiger partial charge in [-0.1, -0.05) is 26.8 Å². The van der Waals surface area contributed by atoms with Crippen LogP contribution in [0.25, 0.3) is 22.2 Å². The number of hydrogen-bond acceptors (Lipinski definition) is 10. The number of aromatic nitrogens is 6. The normalized spacial score (nSPS) is 28.4. The molecular weight excluding hydrogens is 536 g/mol. The van der Waals surface area contributed by atoms with Crippen LogP contribution in [0, 0.1) is 0 Å². The number of imidazole rings is 2. The van der Waals surface area contributed by atoms with Crippen LogP contribution in [0.1, 0.15) is 71.5 Å². The largest absolute Gasteiger partial charge is 0.390 e. The number of rotatable bonds is 8. The predicted molar refractivity (Wildman–Crippen MR) is 159 cm³/mol. The predicted octanol–water partition coefficient (Wildman–Crippen LogP) is 2.44. The van der Waals surface area contributed by atoms with Gasteiger partial charge in [0.1, 0.15) is 36.0 Å². The number of aromatic amines is 1. The molecule has 1 aliphatic heterocycles. The topological polar surface area (TPSA) is 171 Å². The quantitative estimate of drug-likeness (QED) is 0.209. The fourth-order valence-electron chi connectivity index (χ4n) is 6.41. The zero-order valence-electron chi connectivity index (χ0n) is 24.9. The number of nitrogens with two attached hydrogens (primary N) is 1. The summed E-state index contributed by atoms with van der Waals surface area (Å²) in [5.41, 5.74) is 9.27. The third-order valence-corrected chi connectivity index (χ3v) is 8.98. The fraction of sp³-hybridized carbons (Fsp3) is 0.600. The molecule has 2 aliphatic rings. The second-order valence-corrected chi connectivity index (χ2v) is 13.4. The number of anilines is 1. The number of aliphatic hydroxyl groups excluding tert-OH is 2. The minimum absolute atomic E-state index is 0.0633. The van der Waals surface area contributed by atoms with E-state index >= 15 is 0 Å². The standard InChI is InChI=1S/C30H42N8O4/c1-16(2)37(13-21-24(39)25(40)28(42-21)38-15-34-23-26(31)32-14-33-27(23)38)18-11-30(41,12-18)9-8-22-35-19-7-6-17(29(3,4)5)10-20(19)36-22/h6-7,10,14-16,18,21,24-25,28,39-41H,8-9,11-13H2,1-5H3,(H,35,36)(H2,31,32,33)/t18?,21-,24-,25-,28-,30?/m1/s1. The van der Waals surface area contributed by atoms with Crippen molar-refractivity contribution in [2.75, 3.05) is 12.3 Å². The van der Waals surface area contributed by atoms with Gasteiger partial charge in [-0.2, -0.15) is 0 Å². The molecule has 42 heavy (non-hydrogen) atoms. The summed E-state index contributed by atoms with van der Waals surface area (Å²) < 4.78 is 7.79. The number of nitrogen functional groups attached to an aromatic ring is 1. The Labute approximate surface area is 245 Å². The monoisotopic (exact) mass is 578 g/mol. The van der Waals surface area contributed by atoms with Gasteiger partial charge in [0.2, 0.25) is 0 Å². The van der Waals surface area contributed by atoms with E-state index in [-0.39, 0.29) is 23.3 Å². The average molecular weight is 579 g/mol. The van der Waals surface area contributed by atoms with Gasteiger partial charge in [0, 0.05) is 25.0 Å². The fourth-order valence-corrected chi connectivity index (χ4v) is 6.41. The molecule has 1 saturated heterocycles. The molecule has 0 bridgehead atoms. The van der Waals surface area contributed by atoms with Crippen LogP contribution in [0.15, 0.2) is 30.9 Å². The maximum atomic E-state index is 11.3. The van der Waals surface area contributed by atoms with Crippen molar-refractivity contribution < 1.29 is 20.1 Å². The highest BCUT2D eigenvalue weighted by atomic mass is 16.6. The number of nitrogens with one attached hydrogen (secondary N) is 1. The van der Waals surface area contributed by atoms with Crippen molar-refractivity contribution >= 4 is 28.0 Å². The van der Waals surface area contributed by atoms with Crippen molar-refractivity contribution in [2.45, 2.75) is 108 Å². The van der Waals surface area contributed by atoms with Crippen molar-refractivity contribution in [1.29, 1.82) is 0 Å². The molecule has 1 saturated carbocycles. The summed E-state index contributed by atoms with van der Waals surface area (Å²) >= 11 is 0. The number of aryl methyl sites for hydroxylation is 1. The molecule has 4 atom stereocenters. The van der Waals surface area contributed by atoms with E-state index in [2.05, 4.69) is 77.7 Å². The molecule has 1 aliphatic carbocycles. The minimum atomic E-state index is -1.17. The highest BCUT2D eigenvalue weighted by molar-refractivity contribution is 5.81. The van der Waals surface area contributed by atoms with Gasteiger partial charge < -0.3 is 30.8 Å². The van der Waals surface area contributed by atoms with Crippen molar-refractivity contribution in [2.24, 2.45) is 0 Å². The number of hydrogen-bond donors (Lipinski definition) is 5. The number of ether oxygens (including phenoxy) is 1. The number of nitrogens with zero attached hydrogens (tertiary/aromatic N) is 6. The molecule has 12 nitrogen and oxygen atoms in total. The maximum absolute atomic E-state index is 11.3. The third-order valence-electron chi connectivity index (χ3n) is 8.98. The van der Waals surface area contributed by atoms with E-state index in [4.69, 9.17) is 15.5 Å². The Morgan fingerprint density at radius 3 is 2.64 bits per heavy atom. The van der Waals surface area contributed by atoms with Crippen LogP contribution >= 0.6 is 0 Å². The Morgan fingerprint density at radius 1 is 1.17 bits per heavy atom. The number of aliphatic hydroxyl groups is 3. The molecule has 0 spiro atoms. The molecule has 0 amide bonds. The van der Waals surface area contributed by atoms with Crippen molar-refractivity contribution in [3.05, 3.63) is 42.2 Å². The van der Waals surface area contributed by atoms with Crippen molar-refractivity contribution in [3.63, 3.8) is 0 Å². The van der Waals surface area contributed by atoms with Gasteiger partial charge in [0.15, 0.2) is 17.7 Å². The third kappa shape index (κ3) is 5.26. The van der Waals surface area contributed by atoms with Crippen LogP contribution in [0.5, 0.6) is 0 Å². The zero-order chi connectivity index (χ0) is 30.0. The second kappa shape index (κ2) is 10.5. The molecule has 4 aromatic rings. The summed E-state index contributed by atoms with van der Waals surface area (Å²) in [6, 6.07) is 6.64. The van der Waals surface area contributed by atoms with Gasteiger partial charge >= 0.3 is 0 Å². The molecule has 12 heteroatoms. The van der Waals surface area contributed by atoms with Crippen LogP contribution in [-0.2, 0) is 16.6 Å². The molecule has 1 aromatic carbocycles. The molecule has 6 rings (SSSR count). The second-order valence-electron chi connectivity index (χ2n) is 13.4. The van der Waals surface area contributed by atoms with Gasteiger partial charge in [-0.3, -0.25) is 9.47 Å². The lowest BCUT2D eigenvalue weighted by Gasteiger charge is -2.50. The number of benzene rings is 1. The van der Waals surface area contributed by atoms with E-state index < -0.39 is 30.1 Å². The molecule has 3 aromatic heterocycles. The van der Waals surface area contributed by atoms with Crippen molar-refractivity contribution in [1.82, 2.24) is 34.4 Å². The Hall–Kier alpha value is -3.16. The molecule has 0 unspecified atom stereocenters. The summed E-state index contributed by atoms with van der Waals surface area (Å²) in [5, 5.41) is 33.2. The van der Waals surface area contributed by atoms with Gasteiger partial charge in [-0.25, -0.2) is 19.9 Å². The van der Waals surface area contributed by atoms with Crippen molar-refractivity contribution in [3.8, 4) is 0 Å². The maximum Gasteiger partial charge on any atom is 0.167 e.